The van der Waals surface area contributed by atoms with Gasteiger partial charge in [-0.05, 0) is 31.9 Å². The van der Waals surface area contributed by atoms with Gasteiger partial charge < -0.3 is 10.1 Å². The highest BCUT2D eigenvalue weighted by Gasteiger charge is 2.03. The Morgan fingerprint density at radius 1 is 1.30 bits per heavy atom. The molecule has 0 aliphatic rings. The van der Waals surface area contributed by atoms with Crippen LogP contribution in [-0.2, 0) is 9.53 Å². The Bertz CT molecular complexity index is 521. The quantitative estimate of drug-likeness (QED) is 0.593. The Balaban J connectivity index is 1.62. The summed E-state index contributed by atoms with van der Waals surface area (Å²) in [5.41, 5.74) is 1.04. The van der Waals surface area contributed by atoms with Gasteiger partial charge in [0.25, 0.3) is 0 Å². The molecule has 1 heterocycles. The topological polar surface area (TPSA) is 51.2 Å². The van der Waals surface area contributed by atoms with Gasteiger partial charge in [0.05, 0.1) is 16.8 Å². The number of carbonyl (C=O) groups excluding carboxylic acids is 1. The van der Waals surface area contributed by atoms with Crippen molar-refractivity contribution in [3.63, 3.8) is 0 Å². The molecule has 0 bridgehead atoms. The monoisotopic (exact) mass is 292 g/mol. The zero-order chi connectivity index (χ0) is 14.2. The van der Waals surface area contributed by atoms with Crippen LogP contribution < -0.4 is 5.32 Å². The molecule has 4 nitrogen and oxygen atoms in total. The van der Waals surface area contributed by atoms with Crippen molar-refractivity contribution >= 4 is 32.7 Å². The summed E-state index contributed by atoms with van der Waals surface area (Å²) in [5.74, 6) is -0.0911. The molecule has 1 aromatic heterocycles. The first-order chi connectivity index (χ1) is 9.79. The lowest BCUT2D eigenvalue weighted by molar-refractivity contribution is -0.143. The first-order valence-corrected chi connectivity index (χ1v) is 7.86. The first-order valence-electron chi connectivity index (χ1n) is 7.04. The maximum atomic E-state index is 11.2. The predicted molar refractivity (Wildman–Crippen MR) is 83.2 cm³/mol. The predicted octanol–water partition coefficient (Wildman–Crippen LogP) is 3.83. The van der Waals surface area contributed by atoms with E-state index in [9.17, 15) is 4.79 Å². The number of para-hydroxylation sites is 1. The number of nitrogens with zero attached hydrogens (tertiary/aromatic N) is 1. The number of rotatable bonds is 8. The van der Waals surface area contributed by atoms with Crippen LogP contribution in [0, 0.1) is 0 Å². The lowest BCUT2D eigenvalue weighted by Gasteiger charge is -2.03. The van der Waals surface area contributed by atoms with Crippen molar-refractivity contribution in [1.29, 1.82) is 0 Å². The van der Waals surface area contributed by atoms with Crippen LogP contribution in [-0.4, -0.2) is 24.1 Å². The molecule has 2 rings (SSSR count). The summed E-state index contributed by atoms with van der Waals surface area (Å²) in [6.07, 6.45) is 3.47. The molecule has 1 aromatic carbocycles. The van der Waals surface area contributed by atoms with Gasteiger partial charge in [0.2, 0.25) is 0 Å². The number of thiazole rings is 1. The van der Waals surface area contributed by atoms with Crippen LogP contribution in [0.4, 0.5) is 5.13 Å². The number of nitrogens with one attached hydrogen (secondary N) is 1. The van der Waals surface area contributed by atoms with E-state index in [1.54, 1.807) is 11.3 Å². The van der Waals surface area contributed by atoms with E-state index in [0.717, 1.165) is 36.5 Å². The summed E-state index contributed by atoms with van der Waals surface area (Å²) in [6, 6.07) is 8.13. The first kappa shape index (κ1) is 14.8. The molecule has 20 heavy (non-hydrogen) atoms. The minimum Gasteiger partial charge on any atom is -0.466 e. The molecule has 0 radical (unpaired) electrons. The van der Waals surface area contributed by atoms with E-state index >= 15 is 0 Å². The van der Waals surface area contributed by atoms with Crippen LogP contribution in [0.5, 0.6) is 0 Å². The number of esters is 1. The molecule has 0 unspecified atom stereocenters. The van der Waals surface area contributed by atoms with Gasteiger partial charge in [-0.2, -0.15) is 0 Å². The summed E-state index contributed by atoms with van der Waals surface area (Å²) in [5, 5.41) is 4.31. The van der Waals surface area contributed by atoms with E-state index in [4.69, 9.17) is 4.74 Å². The Morgan fingerprint density at radius 2 is 2.15 bits per heavy atom. The molecule has 0 amide bonds. The molecule has 0 fully saturated rings. The number of hydrogen-bond donors (Lipinski definition) is 1. The minimum atomic E-state index is -0.0911. The summed E-state index contributed by atoms with van der Waals surface area (Å²) in [4.78, 5) is 15.7. The number of fused-ring (bicyclic) bond motifs is 1. The molecule has 0 aliphatic carbocycles. The van der Waals surface area contributed by atoms with E-state index in [2.05, 4.69) is 16.4 Å². The molecule has 108 valence electrons. The third kappa shape index (κ3) is 4.49. The van der Waals surface area contributed by atoms with Gasteiger partial charge in [-0.1, -0.05) is 29.9 Å². The van der Waals surface area contributed by atoms with Crippen molar-refractivity contribution in [2.75, 3.05) is 18.5 Å². The summed E-state index contributed by atoms with van der Waals surface area (Å²) in [7, 11) is 0. The number of carbonyl (C=O) groups is 1. The summed E-state index contributed by atoms with van der Waals surface area (Å²) >= 11 is 1.68. The average molecular weight is 292 g/mol. The fraction of sp³-hybridized carbons (Fsp3) is 0.467. The zero-order valence-corrected chi connectivity index (χ0v) is 12.5. The van der Waals surface area contributed by atoms with E-state index < -0.39 is 0 Å². The van der Waals surface area contributed by atoms with E-state index in [-0.39, 0.29) is 5.97 Å². The van der Waals surface area contributed by atoms with Gasteiger partial charge in [-0.25, -0.2) is 4.98 Å². The second-order valence-electron chi connectivity index (χ2n) is 4.53. The second kappa shape index (κ2) is 7.85. The van der Waals surface area contributed by atoms with Gasteiger partial charge in [0.15, 0.2) is 5.13 Å². The van der Waals surface area contributed by atoms with Crippen molar-refractivity contribution in [1.82, 2.24) is 4.98 Å². The largest absolute Gasteiger partial charge is 0.466 e. The molecule has 5 heteroatoms. The van der Waals surface area contributed by atoms with Gasteiger partial charge >= 0.3 is 5.97 Å². The molecule has 1 N–H and O–H groups in total. The standard InChI is InChI=1S/C15H20N2O2S/c1-2-19-14(18)10-4-3-7-11-16-15-17-12-8-5-6-9-13(12)20-15/h5-6,8-9H,2-4,7,10-11H2,1H3,(H,16,17). The van der Waals surface area contributed by atoms with Gasteiger partial charge in [0.1, 0.15) is 0 Å². The normalized spacial score (nSPS) is 10.7. The number of aromatic nitrogens is 1. The number of hydrogen-bond acceptors (Lipinski definition) is 5. The molecular formula is C15H20N2O2S. The van der Waals surface area contributed by atoms with Crippen LogP contribution in [0.2, 0.25) is 0 Å². The minimum absolute atomic E-state index is 0.0911. The van der Waals surface area contributed by atoms with E-state index in [1.165, 1.54) is 4.70 Å². The number of ether oxygens (including phenoxy) is 1. The molecule has 0 saturated carbocycles. The Kier molecular flexibility index (Phi) is 5.80. The second-order valence-corrected chi connectivity index (χ2v) is 5.56. The number of anilines is 1. The number of unbranched alkanes of at least 4 members (excludes halogenated alkanes) is 2. The molecule has 0 saturated heterocycles. The van der Waals surface area contributed by atoms with Gasteiger partial charge in [0, 0.05) is 13.0 Å². The van der Waals surface area contributed by atoms with Crippen LogP contribution in [0.1, 0.15) is 32.6 Å². The van der Waals surface area contributed by atoms with Crippen LogP contribution >= 0.6 is 11.3 Å². The van der Waals surface area contributed by atoms with Crippen molar-refractivity contribution < 1.29 is 9.53 Å². The molecule has 0 spiro atoms. The molecular weight excluding hydrogens is 272 g/mol. The SMILES string of the molecule is CCOC(=O)CCCCCNc1nc2ccccc2s1. The van der Waals surface area contributed by atoms with Crippen LogP contribution in [0.25, 0.3) is 10.2 Å². The van der Waals surface area contributed by atoms with Gasteiger partial charge in [-0.3, -0.25) is 4.79 Å². The third-order valence-electron chi connectivity index (χ3n) is 2.93. The summed E-state index contributed by atoms with van der Waals surface area (Å²) in [6.45, 7) is 3.19. The fourth-order valence-corrected chi connectivity index (χ4v) is 2.84. The highest BCUT2D eigenvalue weighted by Crippen LogP contribution is 2.25. The van der Waals surface area contributed by atoms with E-state index in [0.29, 0.717) is 13.0 Å². The number of benzene rings is 1. The summed E-state index contributed by atoms with van der Waals surface area (Å²) < 4.78 is 6.09. The Labute approximate surface area is 123 Å². The lowest BCUT2D eigenvalue weighted by Crippen LogP contribution is -2.04. The third-order valence-corrected chi connectivity index (χ3v) is 3.93. The van der Waals surface area contributed by atoms with Gasteiger partial charge in [-0.15, -0.1) is 0 Å². The van der Waals surface area contributed by atoms with Crippen molar-refractivity contribution in [2.24, 2.45) is 0 Å². The maximum absolute atomic E-state index is 11.2. The highest BCUT2D eigenvalue weighted by atomic mass is 32.1. The Morgan fingerprint density at radius 3 is 2.95 bits per heavy atom. The average Bonchev–Trinajstić information content (AvgIpc) is 2.85. The van der Waals surface area contributed by atoms with Crippen molar-refractivity contribution in [3.05, 3.63) is 24.3 Å². The molecule has 0 atom stereocenters. The lowest BCUT2D eigenvalue weighted by atomic mass is 10.2. The zero-order valence-electron chi connectivity index (χ0n) is 11.7. The smallest absolute Gasteiger partial charge is 0.305 e. The van der Waals surface area contributed by atoms with Crippen molar-refractivity contribution in [2.45, 2.75) is 32.6 Å². The molecule has 0 aliphatic heterocycles. The fourth-order valence-electron chi connectivity index (χ4n) is 1.95. The maximum Gasteiger partial charge on any atom is 0.305 e. The highest BCUT2D eigenvalue weighted by molar-refractivity contribution is 7.22. The molecule has 2 aromatic rings. The van der Waals surface area contributed by atoms with Crippen LogP contribution in [0.3, 0.4) is 0 Å². The van der Waals surface area contributed by atoms with Crippen molar-refractivity contribution in [3.8, 4) is 0 Å². The van der Waals surface area contributed by atoms with Crippen LogP contribution in [0.15, 0.2) is 24.3 Å². The Hall–Kier alpha value is -1.62. The van der Waals surface area contributed by atoms with E-state index in [1.807, 2.05) is 25.1 Å².